The molecule has 0 aliphatic carbocycles. The van der Waals surface area contributed by atoms with Gasteiger partial charge in [-0.15, -0.1) is 0 Å². The molecule has 1 amide bonds. The number of benzene rings is 2. The van der Waals surface area contributed by atoms with Crippen molar-refractivity contribution in [1.29, 1.82) is 0 Å². The van der Waals surface area contributed by atoms with Gasteiger partial charge in [-0.1, -0.05) is 23.5 Å². The van der Waals surface area contributed by atoms with E-state index in [0.717, 1.165) is 17.4 Å². The zero-order valence-electron chi connectivity index (χ0n) is 15.0. The summed E-state index contributed by atoms with van der Waals surface area (Å²) < 4.78 is 20.5. The number of hydrogen-bond acceptors (Lipinski definition) is 6. The fraction of sp³-hybridized carbons (Fsp3) is 0.0500. The number of aromatic nitrogens is 2. The van der Waals surface area contributed by atoms with Gasteiger partial charge in [-0.25, -0.2) is 9.37 Å². The maximum atomic E-state index is 13.8. The highest BCUT2D eigenvalue weighted by Crippen LogP contribution is 2.30. The number of phenolic OH excluding ortho intramolecular Hbond substituents is 1. The van der Waals surface area contributed by atoms with Crippen LogP contribution in [-0.4, -0.2) is 27.5 Å². The van der Waals surface area contributed by atoms with Crippen LogP contribution in [0, 0.1) is 5.82 Å². The smallest absolute Gasteiger partial charge is 0.274 e. The zero-order chi connectivity index (χ0) is 20.7. The molecule has 0 saturated carbocycles. The van der Waals surface area contributed by atoms with Crippen LogP contribution < -0.4 is 20.6 Å². The second-order valence-corrected chi connectivity index (χ2v) is 7.20. The first kappa shape index (κ1) is 18.6. The van der Waals surface area contributed by atoms with E-state index in [2.05, 4.69) is 4.98 Å². The Balaban J connectivity index is 1.79. The van der Waals surface area contributed by atoms with Crippen molar-refractivity contribution in [2.75, 3.05) is 7.11 Å². The molecule has 7 nitrogen and oxygen atoms in total. The molecule has 0 atom stereocenters. The number of imidazole rings is 1. The zero-order valence-corrected chi connectivity index (χ0v) is 15.9. The maximum Gasteiger partial charge on any atom is 0.274 e. The number of primary amides is 1. The highest BCUT2D eigenvalue weighted by molar-refractivity contribution is 7.15. The molecular weight excluding hydrogens is 397 g/mol. The summed E-state index contributed by atoms with van der Waals surface area (Å²) in [5, 5.41) is 9.60. The lowest BCUT2D eigenvalue weighted by Crippen LogP contribution is -2.22. The van der Waals surface area contributed by atoms with Gasteiger partial charge in [0.25, 0.3) is 5.56 Å². The van der Waals surface area contributed by atoms with E-state index in [1.165, 1.54) is 23.7 Å². The number of carbonyl (C=O) groups excluding carboxylic acids is 1. The van der Waals surface area contributed by atoms with Crippen molar-refractivity contribution >= 4 is 28.3 Å². The lowest BCUT2D eigenvalue weighted by molar-refractivity contribution is 0.100. The number of halogens is 1. The van der Waals surface area contributed by atoms with Gasteiger partial charge in [0, 0.05) is 17.3 Å². The Kier molecular flexibility index (Phi) is 4.51. The number of rotatable bonds is 4. The number of fused-ring (bicyclic) bond motifs is 1. The third-order valence-corrected chi connectivity index (χ3v) is 5.30. The standard InChI is InChI=1S/C20H14FN3O4S/c1-28-15-6-10(5-13(21)17(15)25)7-16-19(27)24-9-14(23-20(24)29-16)11-3-2-4-12(8-11)18(22)26/h2-9,25H,1H3,(H2,22,26)/b16-7-. The molecule has 4 rings (SSSR count). The van der Waals surface area contributed by atoms with E-state index in [4.69, 9.17) is 10.5 Å². The van der Waals surface area contributed by atoms with Gasteiger partial charge in [-0.05, 0) is 35.9 Å². The molecule has 146 valence electrons. The number of carbonyl (C=O) groups is 1. The van der Waals surface area contributed by atoms with Crippen molar-refractivity contribution in [3.63, 3.8) is 0 Å². The molecule has 0 unspecified atom stereocenters. The first-order chi connectivity index (χ1) is 13.9. The summed E-state index contributed by atoms with van der Waals surface area (Å²) in [6.45, 7) is 0. The van der Waals surface area contributed by atoms with Gasteiger partial charge in [0.1, 0.15) is 0 Å². The molecule has 2 aromatic carbocycles. The Morgan fingerprint density at radius 1 is 1.34 bits per heavy atom. The first-order valence-corrected chi connectivity index (χ1v) is 9.19. The van der Waals surface area contributed by atoms with Gasteiger partial charge in [-0.2, -0.15) is 0 Å². The average molecular weight is 411 g/mol. The van der Waals surface area contributed by atoms with Gasteiger partial charge >= 0.3 is 0 Å². The van der Waals surface area contributed by atoms with Crippen LogP contribution in [0.4, 0.5) is 4.39 Å². The fourth-order valence-electron chi connectivity index (χ4n) is 2.89. The SMILES string of the molecule is COc1cc(/C=c2\sc3nc(-c4cccc(C(N)=O)c4)cn3c2=O)cc(F)c1O. The number of thiazole rings is 1. The van der Waals surface area contributed by atoms with Crippen LogP contribution in [0.3, 0.4) is 0 Å². The van der Waals surface area contributed by atoms with E-state index >= 15 is 0 Å². The molecular formula is C20H14FN3O4S. The predicted octanol–water partition coefficient (Wildman–Crippen LogP) is 1.92. The summed E-state index contributed by atoms with van der Waals surface area (Å²) >= 11 is 1.13. The fourth-order valence-corrected chi connectivity index (χ4v) is 3.84. The molecule has 4 aromatic rings. The number of aromatic hydroxyl groups is 1. The van der Waals surface area contributed by atoms with Gasteiger partial charge in [0.2, 0.25) is 5.91 Å². The van der Waals surface area contributed by atoms with Crippen LogP contribution in [0.25, 0.3) is 22.3 Å². The summed E-state index contributed by atoms with van der Waals surface area (Å²) in [5.41, 5.74) is 6.89. The molecule has 9 heteroatoms. The van der Waals surface area contributed by atoms with E-state index in [-0.39, 0.29) is 11.3 Å². The minimum atomic E-state index is -0.846. The lowest BCUT2D eigenvalue weighted by atomic mass is 10.1. The van der Waals surface area contributed by atoms with E-state index in [1.807, 2.05) is 0 Å². The maximum absolute atomic E-state index is 13.8. The molecule has 0 aliphatic heterocycles. The third kappa shape index (κ3) is 3.32. The molecule has 3 N–H and O–H groups in total. The topological polar surface area (TPSA) is 107 Å². The monoisotopic (exact) mass is 411 g/mol. The van der Waals surface area contributed by atoms with Crippen LogP contribution in [0.5, 0.6) is 11.5 Å². The number of nitrogens with zero attached hydrogens (tertiary/aromatic N) is 2. The predicted molar refractivity (Wildman–Crippen MR) is 107 cm³/mol. The first-order valence-electron chi connectivity index (χ1n) is 8.37. The number of phenols is 1. The molecule has 0 fully saturated rings. The molecule has 29 heavy (non-hydrogen) atoms. The van der Waals surface area contributed by atoms with Gasteiger partial charge < -0.3 is 15.6 Å². The van der Waals surface area contributed by atoms with Crippen LogP contribution in [0.2, 0.25) is 0 Å². The molecule has 0 aliphatic rings. The molecule has 0 spiro atoms. The molecule has 0 saturated heterocycles. The Morgan fingerprint density at radius 2 is 2.14 bits per heavy atom. The Hall–Kier alpha value is -3.72. The number of hydrogen-bond donors (Lipinski definition) is 2. The van der Waals surface area contributed by atoms with Crippen LogP contribution in [-0.2, 0) is 0 Å². The highest BCUT2D eigenvalue weighted by atomic mass is 32.1. The normalized spacial score (nSPS) is 11.9. The summed E-state index contributed by atoms with van der Waals surface area (Å²) in [6.07, 6.45) is 3.07. The van der Waals surface area contributed by atoms with Crippen molar-refractivity contribution in [2.45, 2.75) is 0 Å². The van der Waals surface area contributed by atoms with Crippen molar-refractivity contribution in [2.24, 2.45) is 5.73 Å². The molecule has 0 bridgehead atoms. The lowest BCUT2D eigenvalue weighted by Gasteiger charge is -2.04. The quantitative estimate of drug-likeness (QED) is 0.534. The molecule has 2 aromatic heterocycles. The average Bonchev–Trinajstić information content (AvgIpc) is 3.24. The summed E-state index contributed by atoms with van der Waals surface area (Å²) in [4.78, 5) is 29.0. The second-order valence-electron chi connectivity index (χ2n) is 6.19. The van der Waals surface area contributed by atoms with Crippen molar-refractivity contribution < 1.29 is 19.0 Å². The third-order valence-electron chi connectivity index (χ3n) is 4.32. The van der Waals surface area contributed by atoms with E-state index in [9.17, 15) is 19.1 Å². The van der Waals surface area contributed by atoms with Crippen LogP contribution in [0.15, 0.2) is 47.4 Å². The van der Waals surface area contributed by atoms with Crippen LogP contribution >= 0.6 is 11.3 Å². The summed E-state index contributed by atoms with van der Waals surface area (Å²) in [7, 11) is 1.31. The Bertz CT molecular complexity index is 1380. The van der Waals surface area contributed by atoms with Crippen molar-refractivity contribution in [3.05, 3.63) is 74.4 Å². The number of nitrogens with two attached hydrogens (primary N) is 1. The summed E-state index contributed by atoms with van der Waals surface area (Å²) in [5.74, 6) is -2.01. The minimum Gasteiger partial charge on any atom is -0.502 e. The number of ether oxygens (including phenoxy) is 1. The Morgan fingerprint density at radius 3 is 2.83 bits per heavy atom. The van der Waals surface area contributed by atoms with Gasteiger partial charge in [0.05, 0.1) is 17.3 Å². The van der Waals surface area contributed by atoms with E-state index in [0.29, 0.717) is 31.9 Å². The van der Waals surface area contributed by atoms with Gasteiger partial charge in [-0.3, -0.25) is 14.0 Å². The minimum absolute atomic E-state index is 0.0262. The van der Waals surface area contributed by atoms with E-state index in [1.54, 1.807) is 30.5 Å². The van der Waals surface area contributed by atoms with Gasteiger partial charge in [0.15, 0.2) is 22.3 Å². The second kappa shape index (κ2) is 7.02. The largest absolute Gasteiger partial charge is 0.502 e. The summed E-state index contributed by atoms with van der Waals surface area (Å²) in [6, 6.07) is 9.20. The van der Waals surface area contributed by atoms with Crippen LogP contribution in [0.1, 0.15) is 15.9 Å². The Labute approximate surface area is 167 Å². The number of methoxy groups -OCH3 is 1. The van der Waals surface area contributed by atoms with Crippen molar-refractivity contribution in [3.8, 4) is 22.8 Å². The highest BCUT2D eigenvalue weighted by Gasteiger charge is 2.13. The van der Waals surface area contributed by atoms with E-state index < -0.39 is 17.5 Å². The van der Waals surface area contributed by atoms with Crippen molar-refractivity contribution in [1.82, 2.24) is 9.38 Å². The number of amides is 1. The molecule has 2 heterocycles. The molecule has 0 radical (unpaired) electrons.